The third kappa shape index (κ3) is 5.17. The lowest BCUT2D eigenvalue weighted by Crippen LogP contribution is -2.07. The molecule has 0 heterocycles. The van der Waals surface area contributed by atoms with Crippen LogP contribution in [-0.2, 0) is 14.6 Å². The summed E-state index contributed by atoms with van der Waals surface area (Å²) in [5, 5.41) is 0. The highest BCUT2D eigenvalue weighted by atomic mass is 17.2. The van der Waals surface area contributed by atoms with E-state index in [-0.39, 0.29) is 6.10 Å². The molecule has 0 fully saturated rings. The number of carbonyl (C=O) groups is 1. The molecule has 0 radical (unpaired) electrons. The summed E-state index contributed by atoms with van der Waals surface area (Å²) < 4.78 is 5.02. The first-order valence-corrected chi connectivity index (χ1v) is 5.31. The van der Waals surface area contributed by atoms with Crippen molar-refractivity contribution in [2.45, 2.75) is 20.0 Å². The molecule has 4 nitrogen and oxygen atoms in total. The summed E-state index contributed by atoms with van der Waals surface area (Å²) in [4.78, 5) is 20.4. The predicted octanol–water partition coefficient (Wildman–Crippen LogP) is 2.59. The van der Waals surface area contributed by atoms with E-state index in [1.165, 1.54) is 6.08 Å². The van der Waals surface area contributed by atoms with Gasteiger partial charge >= 0.3 is 5.97 Å². The van der Waals surface area contributed by atoms with Crippen LogP contribution in [0.3, 0.4) is 0 Å². The van der Waals surface area contributed by atoms with E-state index in [0.717, 1.165) is 11.3 Å². The molecule has 92 valence electrons. The van der Waals surface area contributed by atoms with Gasteiger partial charge in [0.05, 0.1) is 13.2 Å². The van der Waals surface area contributed by atoms with Gasteiger partial charge in [-0.25, -0.2) is 4.79 Å². The van der Waals surface area contributed by atoms with Crippen LogP contribution in [0.5, 0.6) is 5.75 Å². The summed E-state index contributed by atoms with van der Waals surface area (Å²) >= 11 is 0. The number of carbonyl (C=O) groups excluding carboxylic acids is 1. The van der Waals surface area contributed by atoms with E-state index in [0.29, 0.717) is 0 Å². The molecule has 0 atom stereocenters. The van der Waals surface area contributed by atoms with E-state index in [4.69, 9.17) is 9.62 Å². The second-order valence-corrected chi connectivity index (χ2v) is 3.65. The lowest BCUT2D eigenvalue weighted by Gasteiger charge is -2.03. The molecule has 0 aromatic heterocycles. The maximum Gasteiger partial charge on any atom is 0.365 e. The highest BCUT2D eigenvalue weighted by molar-refractivity contribution is 5.86. The minimum Gasteiger partial charge on any atom is -0.497 e. The number of ether oxygens (including phenoxy) is 1. The molecule has 0 bridgehead atoms. The number of benzene rings is 1. The molecule has 0 spiro atoms. The van der Waals surface area contributed by atoms with Crippen LogP contribution in [0.15, 0.2) is 30.3 Å². The topological polar surface area (TPSA) is 44.8 Å². The Bertz CT molecular complexity index is 379. The van der Waals surface area contributed by atoms with Gasteiger partial charge < -0.3 is 4.74 Å². The first-order valence-electron chi connectivity index (χ1n) is 5.31. The van der Waals surface area contributed by atoms with Crippen LogP contribution in [0.1, 0.15) is 19.4 Å². The van der Waals surface area contributed by atoms with Crippen molar-refractivity contribution < 1.29 is 19.3 Å². The van der Waals surface area contributed by atoms with Crippen molar-refractivity contribution in [2.75, 3.05) is 7.11 Å². The largest absolute Gasteiger partial charge is 0.497 e. The van der Waals surface area contributed by atoms with Gasteiger partial charge in [0.2, 0.25) is 0 Å². The van der Waals surface area contributed by atoms with Gasteiger partial charge in [-0.15, -0.1) is 0 Å². The van der Waals surface area contributed by atoms with E-state index in [9.17, 15) is 4.79 Å². The summed E-state index contributed by atoms with van der Waals surface area (Å²) in [6.07, 6.45) is 2.81. The standard InChI is InChI=1S/C13H16O4/c1-10(2)16-17-13(14)9-6-11-4-7-12(15-3)8-5-11/h4-10H,1-3H3. The fourth-order valence-electron chi connectivity index (χ4n) is 1.05. The molecule has 0 aliphatic rings. The predicted molar refractivity (Wildman–Crippen MR) is 64.3 cm³/mol. The lowest BCUT2D eigenvalue weighted by molar-refractivity contribution is -0.286. The Kier molecular flexibility index (Phi) is 5.23. The molecule has 0 amide bonds. The summed E-state index contributed by atoms with van der Waals surface area (Å²) in [6, 6.07) is 7.31. The smallest absolute Gasteiger partial charge is 0.365 e. The van der Waals surface area contributed by atoms with Crippen molar-refractivity contribution >= 4 is 12.0 Å². The van der Waals surface area contributed by atoms with Gasteiger partial charge in [0, 0.05) is 6.08 Å². The maximum absolute atomic E-state index is 11.2. The van der Waals surface area contributed by atoms with E-state index < -0.39 is 5.97 Å². The molecule has 0 aliphatic heterocycles. The van der Waals surface area contributed by atoms with Gasteiger partial charge in [-0.3, -0.25) is 4.89 Å². The normalized spacial score (nSPS) is 10.8. The molecule has 0 unspecified atom stereocenters. The molecule has 0 saturated heterocycles. The second kappa shape index (κ2) is 6.70. The summed E-state index contributed by atoms with van der Waals surface area (Å²) in [5.41, 5.74) is 0.882. The van der Waals surface area contributed by atoms with Gasteiger partial charge in [0.25, 0.3) is 0 Å². The fourth-order valence-corrected chi connectivity index (χ4v) is 1.05. The first-order chi connectivity index (χ1) is 8.11. The molecular formula is C13H16O4. The van der Waals surface area contributed by atoms with E-state index in [1.54, 1.807) is 27.0 Å². The van der Waals surface area contributed by atoms with Gasteiger partial charge in [-0.2, -0.15) is 4.89 Å². The molecule has 1 aromatic carbocycles. The number of rotatable bonds is 5. The van der Waals surface area contributed by atoms with Crippen LogP contribution in [0.4, 0.5) is 0 Å². The third-order valence-corrected chi connectivity index (χ3v) is 1.85. The van der Waals surface area contributed by atoms with E-state index in [2.05, 4.69) is 4.89 Å². The fraction of sp³-hybridized carbons (Fsp3) is 0.308. The second-order valence-electron chi connectivity index (χ2n) is 3.65. The Morgan fingerprint density at radius 2 is 1.88 bits per heavy atom. The zero-order valence-electron chi connectivity index (χ0n) is 10.2. The van der Waals surface area contributed by atoms with Crippen molar-refractivity contribution in [1.29, 1.82) is 0 Å². The van der Waals surface area contributed by atoms with Crippen LogP contribution >= 0.6 is 0 Å². The maximum atomic E-state index is 11.2. The van der Waals surface area contributed by atoms with Crippen molar-refractivity contribution in [1.82, 2.24) is 0 Å². The van der Waals surface area contributed by atoms with Crippen LogP contribution < -0.4 is 4.74 Å². The molecule has 1 aromatic rings. The summed E-state index contributed by atoms with van der Waals surface area (Å²) in [6.45, 7) is 3.56. The average Bonchev–Trinajstić information content (AvgIpc) is 2.34. The van der Waals surface area contributed by atoms with Gasteiger partial charge in [-0.1, -0.05) is 12.1 Å². The monoisotopic (exact) mass is 236 g/mol. The van der Waals surface area contributed by atoms with Gasteiger partial charge in [0.15, 0.2) is 0 Å². The van der Waals surface area contributed by atoms with Crippen molar-refractivity contribution in [3.05, 3.63) is 35.9 Å². The number of hydrogen-bond donors (Lipinski definition) is 0. The van der Waals surface area contributed by atoms with Crippen molar-refractivity contribution in [3.8, 4) is 5.75 Å². The van der Waals surface area contributed by atoms with Crippen molar-refractivity contribution in [3.63, 3.8) is 0 Å². The highest BCUT2D eigenvalue weighted by Gasteiger charge is 2.00. The SMILES string of the molecule is COc1ccc(C=CC(=O)OOC(C)C)cc1. The number of methoxy groups -OCH3 is 1. The molecule has 0 aliphatic carbocycles. The van der Waals surface area contributed by atoms with E-state index in [1.807, 2.05) is 24.3 Å². The summed E-state index contributed by atoms with van der Waals surface area (Å²) in [7, 11) is 1.60. The Balaban J connectivity index is 2.49. The molecule has 1 rings (SSSR count). The van der Waals surface area contributed by atoms with E-state index >= 15 is 0 Å². The van der Waals surface area contributed by atoms with Crippen LogP contribution in [0.25, 0.3) is 6.08 Å². The van der Waals surface area contributed by atoms with Crippen LogP contribution in [0.2, 0.25) is 0 Å². The zero-order valence-corrected chi connectivity index (χ0v) is 10.2. The lowest BCUT2D eigenvalue weighted by atomic mass is 10.2. The molecule has 0 saturated carbocycles. The average molecular weight is 236 g/mol. The third-order valence-electron chi connectivity index (χ3n) is 1.85. The highest BCUT2D eigenvalue weighted by Crippen LogP contribution is 2.12. The quantitative estimate of drug-likeness (QED) is 0.448. The first kappa shape index (κ1) is 13.3. The number of hydrogen-bond acceptors (Lipinski definition) is 4. The zero-order chi connectivity index (χ0) is 12.7. The Labute approximate surface area is 101 Å². The minimum absolute atomic E-state index is 0.145. The van der Waals surface area contributed by atoms with Crippen LogP contribution in [-0.4, -0.2) is 19.2 Å². The van der Waals surface area contributed by atoms with Crippen LogP contribution in [0, 0.1) is 0 Å². The van der Waals surface area contributed by atoms with Gasteiger partial charge in [0.1, 0.15) is 5.75 Å². The summed E-state index contributed by atoms with van der Waals surface area (Å²) in [5.74, 6) is 0.238. The molecular weight excluding hydrogens is 220 g/mol. The van der Waals surface area contributed by atoms with Crippen molar-refractivity contribution in [2.24, 2.45) is 0 Å². The molecule has 4 heteroatoms. The molecule has 17 heavy (non-hydrogen) atoms. The molecule has 0 N–H and O–H groups in total. The Morgan fingerprint density at radius 3 is 2.41 bits per heavy atom. The Morgan fingerprint density at radius 1 is 1.24 bits per heavy atom. The van der Waals surface area contributed by atoms with Gasteiger partial charge in [-0.05, 0) is 37.6 Å². The minimum atomic E-state index is -0.533. The Hall–Kier alpha value is -1.81.